The second-order valence-electron chi connectivity index (χ2n) is 10.5. The highest BCUT2D eigenvalue weighted by atomic mass is 16.3. The Kier molecular flexibility index (Phi) is 7.51. The average molecular weight is 479 g/mol. The van der Waals surface area contributed by atoms with Crippen LogP contribution in [0.2, 0.25) is 0 Å². The molecule has 1 saturated heterocycles. The lowest BCUT2D eigenvalue weighted by Gasteiger charge is -2.31. The molecule has 2 aromatic rings. The second-order valence-corrected chi connectivity index (χ2v) is 10.5. The molecule has 1 saturated carbocycles. The number of fused-ring (bicyclic) bond motifs is 1. The number of rotatable bonds is 6. The Balaban J connectivity index is 1.35. The van der Waals surface area contributed by atoms with Gasteiger partial charge < -0.3 is 14.9 Å². The molecule has 3 aliphatic rings. The molecule has 1 aromatic heterocycles. The zero-order valence-corrected chi connectivity index (χ0v) is 20.7. The van der Waals surface area contributed by atoms with Gasteiger partial charge in [-0.25, -0.2) is 0 Å². The number of carbonyl (C=O) groups excluding carboxylic acids is 2. The lowest BCUT2D eigenvalue weighted by molar-refractivity contribution is -0.133. The normalized spacial score (nSPS) is 19.6. The monoisotopic (exact) mass is 478 g/mol. The van der Waals surface area contributed by atoms with E-state index < -0.39 is 0 Å². The van der Waals surface area contributed by atoms with Crippen molar-refractivity contribution in [3.05, 3.63) is 52.8 Å². The van der Waals surface area contributed by atoms with Crippen LogP contribution in [0.1, 0.15) is 78.7 Å². The van der Waals surface area contributed by atoms with E-state index in [2.05, 4.69) is 12.1 Å². The van der Waals surface area contributed by atoms with Crippen molar-refractivity contribution >= 4 is 11.8 Å². The fraction of sp³-hybridized carbons (Fsp3) is 0.607. The van der Waals surface area contributed by atoms with E-state index in [9.17, 15) is 14.7 Å². The van der Waals surface area contributed by atoms with E-state index in [0.717, 1.165) is 36.9 Å². The molecule has 2 fully saturated rings. The third-order valence-electron chi connectivity index (χ3n) is 8.08. The second kappa shape index (κ2) is 10.9. The van der Waals surface area contributed by atoms with E-state index in [4.69, 9.17) is 5.10 Å². The van der Waals surface area contributed by atoms with Gasteiger partial charge in [-0.15, -0.1) is 0 Å². The number of aromatic nitrogens is 2. The first-order valence-corrected chi connectivity index (χ1v) is 13.5. The highest BCUT2D eigenvalue weighted by Gasteiger charge is 2.33. The summed E-state index contributed by atoms with van der Waals surface area (Å²) in [5, 5.41) is 14.7. The van der Waals surface area contributed by atoms with E-state index in [-0.39, 0.29) is 17.9 Å². The molecule has 0 atom stereocenters. The fourth-order valence-corrected chi connectivity index (χ4v) is 5.93. The number of aryl methyl sites for hydroxylation is 2. The molecular formula is C28H38N4O3. The first-order valence-electron chi connectivity index (χ1n) is 13.5. The summed E-state index contributed by atoms with van der Waals surface area (Å²) in [5.41, 5.74) is 3.77. The first kappa shape index (κ1) is 24.0. The van der Waals surface area contributed by atoms with Crippen LogP contribution in [0.3, 0.4) is 0 Å². The number of hydrogen-bond acceptors (Lipinski definition) is 4. The summed E-state index contributed by atoms with van der Waals surface area (Å²) in [7, 11) is 0. The van der Waals surface area contributed by atoms with Gasteiger partial charge in [-0.3, -0.25) is 14.3 Å². The van der Waals surface area contributed by atoms with Gasteiger partial charge in [-0.1, -0.05) is 49.6 Å². The maximum Gasteiger partial charge on any atom is 0.274 e. The summed E-state index contributed by atoms with van der Waals surface area (Å²) < 4.78 is 2.01. The SMILES string of the molecule is O=C(CC1CCCCC1)N1CCc2c(c(C(=O)N3CCC(O)CC3)nn2CCc2ccccc2)C1. The Bertz CT molecular complexity index is 1020. The molecule has 2 amide bonds. The third kappa shape index (κ3) is 5.61. The summed E-state index contributed by atoms with van der Waals surface area (Å²) in [6.07, 6.45) is 9.18. The van der Waals surface area contributed by atoms with Crippen molar-refractivity contribution in [2.24, 2.45) is 5.92 Å². The van der Waals surface area contributed by atoms with E-state index in [1.165, 1.54) is 24.8 Å². The molecule has 5 rings (SSSR count). The van der Waals surface area contributed by atoms with Crippen molar-refractivity contribution in [1.82, 2.24) is 19.6 Å². The Morgan fingerprint density at radius 3 is 2.43 bits per heavy atom. The smallest absolute Gasteiger partial charge is 0.274 e. The van der Waals surface area contributed by atoms with Crippen LogP contribution in [0.4, 0.5) is 0 Å². The van der Waals surface area contributed by atoms with E-state index >= 15 is 0 Å². The van der Waals surface area contributed by atoms with Crippen LogP contribution in [-0.4, -0.2) is 62.2 Å². The zero-order chi connectivity index (χ0) is 24.2. The van der Waals surface area contributed by atoms with Crippen LogP contribution in [-0.2, 0) is 30.7 Å². The maximum absolute atomic E-state index is 13.5. The predicted octanol–water partition coefficient (Wildman–Crippen LogP) is 3.58. The third-order valence-corrected chi connectivity index (χ3v) is 8.08. The van der Waals surface area contributed by atoms with Gasteiger partial charge in [-0.05, 0) is 43.6 Å². The predicted molar refractivity (Wildman–Crippen MR) is 134 cm³/mol. The first-order chi connectivity index (χ1) is 17.1. The van der Waals surface area contributed by atoms with Gasteiger partial charge in [0, 0.05) is 56.8 Å². The molecule has 0 unspecified atom stereocenters. The molecule has 35 heavy (non-hydrogen) atoms. The van der Waals surface area contributed by atoms with Crippen molar-refractivity contribution in [2.45, 2.75) is 83.4 Å². The minimum atomic E-state index is -0.329. The number of aliphatic hydroxyl groups excluding tert-OH is 1. The van der Waals surface area contributed by atoms with Crippen LogP contribution in [0, 0.1) is 5.92 Å². The van der Waals surface area contributed by atoms with E-state index in [1.807, 2.05) is 32.7 Å². The van der Waals surface area contributed by atoms with Crippen LogP contribution in [0.5, 0.6) is 0 Å². The minimum Gasteiger partial charge on any atom is -0.393 e. The number of benzene rings is 1. The Hall–Kier alpha value is -2.67. The topological polar surface area (TPSA) is 78.7 Å². The van der Waals surface area contributed by atoms with Crippen LogP contribution < -0.4 is 0 Å². The molecule has 2 aliphatic heterocycles. The molecule has 1 aliphatic carbocycles. The van der Waals surface area contributed by atoms with E-state index in [1.54, 1.807) is 0 Å². The van der Waals surface area contributed by atoms with Crippen molar-refractivity contribution < 1.29 is 14.7 Å². The largest absolute Gasteiger partial charge is 0.393 e. The number of aliphatic hydroxyl groups is 1. The van der Waals surface area contributed by atoms with Gasteiger partial charge in [0.2, 0.25) is 5.91 Å². The lowest BCUT2D eigenvalue weighted by Crippen LogP contribution is -2.41. The number of nitrogens with zero attached hydrogens (tertiary/aromatic N) is 4. The number of hydrogen-bond donors (Lipinski definition) is 1. The summed E-state index contributed by atoms with van der Waals surface area (Å²) in [4.78, 5) is 30.5. The molecule has 0 bridgehead atoms. The number of likely N-dealkylation sites (tertiary alicyclic amines) is 1. The average Bonchev–Trinajstić information content (AvgIpc) is 3.26. The van der Waals surface area contributed by atoms with Gasteiger partial charge >= 0.3 is 0 Å². The molecule has 1 N–H and O–H groups in total. The Morgan fingerprint density at radius 2 is 1.69 bits per heavy atom. The van der Waals surface area contributed by atoms with E-state index in [0.29, 0.717) is 63.6 Å². The van der Waals surface area contributed by atoms with Crippen molar-refractivity contribution in [1.29, 1.82) is 0 Å². The zero-order valence-electron chi connectivity index (χ0n) is 20.7. The molecule has 188 valence electrons. The molecule has 3 heterocycles. The Morgan fingerprint density at radius 1 is 0.943 bits per heavy atom. The van der Waals surface area contributed by atoms with Gasteiger partial charge in [0.05, 0.1) is 6.10 Å². The molecule has 0 spiro atoms. The van der Waals surface area contributed by atoms with Crippen LogP contribution >= 0.6 is 0 Å². The summed E-state index contributed by atoms with van der Waals surface area (Å²) >= 11 is 0. The van der Waals surface area contributed by atoms with Crippen molar-refractivity contribution in [3.8, 4) is 0 Å². The summed E-state index contributed by atoms with van der Waals surface area (Å²) in [6.45, 7) is 2.99. The minimum absolute atomic E-state index is 0.0619. The number of amides is 2. The quantitative estimate of drug-likeness (QED) is 0.688. The fourth-order valence-electron chi connectivity index (χ4n) is 5.93. The highest BCUT2D eigenvalue weighted by Crippen LogP contribution is 2.30. The molecule has 7 nitrogen and oxygen atoms in total. The lowest BCUT2D eigenvalue weighted by atomic mass is 9.86. The van der Waals surface area contributed by atoms with Gasteiger partial charge in [0.15, 0.2) is 5.69 Å². The van der Waals surface area contributed by atoms with Crippen molar-refractivity contribution in [3.63, 3.8) is 0 Å². The van der Waals surface area contributed by atoms with Crippen molar-refractivity contribution in [2.75, 3.05) is 19.6 Å². The molecule has 7 heteroatoms. The highest BCUT2D eigenvalue weighted by molar-refractivity contribution is 5.94. The Labute approximate surface area is 208 Å². The van der Waals surface area contributed by atoms with Crippen LogP contribution in [0.25, 0.3) is 0 Å². The molecule has 1 aromatic carbocycles. The molecular weight excluding hydrogens is 440 g/mol. The summed E-state index contributed by atoms with van der Waals surface area (Å²) in [6, 6.07) is 10.3. The molecule has 0 radical (unpaired) electrons. The summed E-state index contributed by atoms with van der Waals surface area (Å²) in [5.74, 6) is 0.666. The standard InChI is InChI=1S/C28H38N4O3/c33-23-12-15-30(16-13-23)28(35)27-24-20-31(26(34)19-22-9-5-2-6-10-22)17-14-25(24)32(29-27)18-11-21-7-3-1-4-8-21/h1,3-4,7-8,22-23,33H,2,5-6,9-20H2. The van der Waals surface area contributed by atoms with Gasteiger partial charge in [-0.2, -0.15) is 5.10 Å². The van der Waals surface area contributed by atoms with Gasteiger partial charge in [0.1, 0.15) is 0 Å². The maximum atomic E-state index is 13.5. The number of piperidine rings is 1. The van der Waals surface area contributed by atoms with Gasteiger partial charge in [0.25, 0.3) is 5.91 Å². The number of carbonyl (C=O) groups is 2. The van der Waals surface area contributed by atoms with Crippen LogP contribution in [0.15, 0.2) is 30.3 Å².